The van der Waals surface area contributed by atoms with Crippen molar-refractivity contribution in [3.05, 3.63) is 30.6 Å². The molecule has 0 radical (unpaired) electrons. The Morgan fingerprint density at radius 1 is 1.73 bits per heavy atom. The topological polar surface area (TPSA) is 46.9 Å². The van der Waals surface area contributed by atoms with Gasteiger partial charge in [-0.25, -0.2) is 0 Å². The maximum atomic E-state index is 10.9. The van der Waals surface area contributed by atoms with E-state index in [1.807, 2.05) is 16.9 Å². The number of hydrogen-bond acceptors (Lipinski definition) is 2. The van der Waals surface area contributed by atoms with Crippen LogP contribution in [0.4, 0.5) is 0 Å². The normalized spacial score (nSPS) is 15.7. The quantitative estimate of drug-likeness (QED) is 0.755. The Kier molecular flexibility index (Phi) is 2.85. The number of rotatable bonds is 4. The van der Waals surface area contributed by atoms with Gasteiger partial charge < -0.3 is 5.32 Å². The van der Waals surface area contributed by atoms with Crippen LogP contribution in [0.15, 0.2) is 24.9 Å². The van der Waals surface area contributed by atoms with Crippen molar-refractivity contribution in [1.82, 2.24) is 15.1 Å². The summed E-state index contributed by atoms with van der Waals surface area (Å²) >= 11 is 0. The third-order valence-corrected chi connectivity index (χ3v) is 2.74. The first-order valence-corrected chi connectivity index (χ1v) is 5.24. The Hall–Kier alpha value is -1.58. The summed E-state index contributed by atoms with van der Waals surface area (Å²) < 4.78 is 2.00. The predicted molar refractivity (Wildman–Crippen MR) is 57.2 cm³/mol. The number of amides is 1. The summed E-state index contributed by atoms with van der Waals surface area (Å²) in [7, 11) is 0. The third-order valence-electron chi connectivity index (χ3n) is 2.74. The van der Waals surface area contributed by atoms with Crippen LogP contribution in [0.3, 0.4) is 0 Å². The molecule has 15 heavy (non-hydrogen) atoms. The van der Waals surface area contributed by atoms with Gasteiger partial charge >= 0.3 is 0 Å². The highest BCUT2D eigenvalue weighted by Crippen LogP contribution is 2.30. The zero-order chi connectivity index (χ0) is 10.7. The van der Waals surface area contributed by atoms with E-state index in [1.165, 1.54) is 25.3 Å². The van der Waals surface area contributed by atoms with Crippen molar-refractivity contribution in [1.29, 1.82) is 0 Å². The van der Waals surface area contributed by atoms with Gasteiger partial charge in [-0.3, -0.25) is 9.48 Å². The van der Waals surface area contributed by atoms with Crippen LogP contribution in [0.2, 0.25) is 0 Å². The van der Waals surface area contributed by atoms with Gasteiger partial charge in [0.15, 0.2) is 0 Å². The van der Waals surface area contributed by atoms with E-state index in [0.29, 0.717) is 12.6 Å². The highest BCUT2D eigenvalue weighted by atomic mass is 16.1. The number of carbonyl (C=O) groups excluding carboxylic acids is 1. The van der Waals surface area contributed by atoms with Crippen molar-refractivity contribution in [2.24, 2.45) is 0 Å². The predicted octanol–water partition coefficient (Wildman–Crippen LogP) is 1.41. The largest absolute Gasteiger partial charge is 0.347 e. The van der Waals surface area contributed by atoms with Crippen LogP contribution < -0.4 is 5.32 Å². The Labute approximate surface area is 89.0 Å². The van der Waals surface area contributed by atoms with Crippen LogP contribution in [-0.4, -0.2) is 15.7 Å². The molecule has 1 aromatic rings. The standard InChI is InChI=1S/C11H15N3O/c1-2-11(15)12-8-9-6-7-14(13-9)10-4-3-5-10/h2,6-7,10H,1,3-5,8H2,(H,12,15). The molecule has 1 aliphatic rings. The monoisotopic (exact) mass is 205 g/mol. The molecule has 1 amide bonds. The van der Waals surface area contributed by atoms with E-state index in [0.717, 1.165) is 5.69 Å². The van der Waals surface area contributed by atoms with Crippen LogP contribution in [0.1, 0.15) is 31.0 Å². The van der Waals surface area contributed by atoms with E-state index in [9.17, 15) is 4.79 Å². The molecule has 80 valence electrons. The average molecular weight is 205 g/mol. The van der Waals surface area contributed by atoms with Gasteiger partial charge in [-0.1, -0.05) is 6.58 Å². The lowest BCUT2D eigenvalue weighted by Gasteiger charge is -2.25. The van der Waals surface area contributed by atoms with Crippen LogP contribution in [-0.2, 0) is 11.3 Å². The Balaban J connectivity index is 1.89. The highest BCUT2D eigenvalue weighted by molar-refractivity contribution is 5.86. The lowest BCUT2D eigenvalue weighted by molar-refractivity contribution is -0.116. The Morgan fingerprint density at radius 2 is 2.53 bits per heavy atom. The number of aromatic nitrogens is 2. The highest BCUT2D eigenvalue weighted by Gasteiger charge is 2.19. The maximum Gasteiger partial charge on any atom is 0.243 e. The molecular formula is C11H15N3O. The van der Waals surface area contributed by atoms with Gasteiger partial charge in [-0.2, -0.15) is 5.10 Å². The van der Waals surface area contributed by atoms with Crippen LogP contribution in [0.25, 0.3) is 0 Å². The summed E-state index contributed by atoms with van der Waals surface area (Å²) in [6.07, 6.45) is 7.00. The van der Waals surface area contributed by atoms with Gasteiger partial charge in [0.2, 0.25) is 5.91 Å². The molecule has 0 aliphatic heterocycles. The fourth-order valence-electron chi connectivity index (χ4n) is 1.58. The lowest BCUT2D eigenvalue weighted by Crippen LogP contribution is -2.21. The first kappa shape index (κ1) is 9.96. The molecule has 0 unspecified atom stereocenters. The summed E-state index contributed by atoms with van der Waals surface area (Å²) in [6.45, 7) is 3.87. The number of carbonyl (C=O) groups is 1. The van der Waals surface area contributed by atoms with Gasteiger partial charge in [0.25, 0.3) is 0 Å². The van der Waals surface area contributed by atoms with Crippen LogP contribution in [0.5, 0.6) is 0 Å². The first-order chi connectivity index (χ1) is 7.29. The smallest absolute Gasteiger partial charge is 0.243 e. The second-order valence-electron chi connectivity index (χ2n) is 3.79. The molecule has 1 saturated carbocycles. The second kappa shape index (κ2) is 4.29. The summed E-state index contributed by atoms with van der Waals surface area (Å²) in [5.41, 5.74) is 0.900. The zero-order valence-corrected chi connectivity index (χ0v) is 8.65. The number of nitrogens with zero attached hydrogens (tertiary/aromatic N) is 2. The van der Waals surface area contributed by atoms with E-state index in [2.05, 4.69) is 17.0 Å². The van der Waals surface area contributed by atoms with Gasteiger partial charge in [-0.05, 0) is 31.4 Å². The van der Waals surface area contributed by atoms with Crippen molar-refractivity contribution < 1.29 is 4.79 Å². The number of hydrogen-bond donors (Lipinski definition) is 1. The fraction of sp³-hybridized carbons (Fsp3) is 0.455. The molecule has 4 nitrogen and oxygen atoms in total. The molecular weight excluding hydrogens is 190 g/mol. The van der Waals surface area contributed by atoms with Crippen LogP contribution >= 0.6 is 0 Å². The first-order valence-electron chi connectivity index (χ1n) is 5.24. The SMILES string of the molecule is C=CC(=O)NCc1ccn(C2CCC2)n1. The molecule has 1 fully saturated rings. The molecule has 0 spiro atoms. The summed E-state index contributed by atoms with van der Waals surface area (Å²) in [6, 6.07) is 2.52. The van der Waals surface area contributed by atoms with E-state index in [-0.39, 0.29) is 5.91 Å². The van der Waals surface area contributed by atoms with E-state index in [4.69, 9.17) is 0 Å². The molecule has 0 saturated heterocycles. The minimum atomic E-state index is -0.159. The number of nitrogens with one attached hydrogen (secondary N) is 1. The minimum Gasteiger partial charge on any atom is -0.347 e. The average Bonchev–Trinajstić information content (AvgIpc) is 2.60. The molecule has 0 bridgehead atoms. The maximum absolute atomic E-state index is 10.9. The minimum absolute atomic E-state index is 0.159. The van der Waals surface area contributed by atoms with E-state index >= 15 is 0 Å². The van der Waals surface area contributed by atoms with Crippen molar-refractivity contribution in [3.8, 4) is 0 Å². The van der Waals surface area contributed by atoms with Crippen LogP contribution in [0, 0.1) is 0 Å². The van der Waals surface area contributed by atoms with Crippen molar-refractivity contribution in [2.75, 3.05) is 0 Å². The van der Waals surface area contributed by atoms with E-state index < -0.39 is 0 Å². The van der Waals surface area contributed by atoms with Gasteiger partial charge in [0, 0.05) is 6.20 Å². The summed E-state index contributed by atoms with van der Waals surface area (Å²) in [4.78, 5) is 10.9. The molecule has 1 N–H and O–H groups in total. The third kappa shape index (κ3) is 2.26. The van der Waals surface area contributed by atoms with Crippen molar-refractivity contribution in [3.63, 3.8) is 0 Å². The molecule has 4 heteroatoms. The molecule has 1 aliphatic carbocycles. The van der Waals surface area contributed by atoms with Crippen molar-refractivity contribution in [2.45, 2.75) is 31.8 Å². The molecule has 0 atom stereocenters. The van der Waals surface area contributed by atoms with Crippen molar-refractivity contribution >= 4 is 5.91 Å². The molecule has 2 rings (SSSR count). The van der Waals surface area contributed by atoms with Gasteiger partial charge in [-0.15, -0.1) is 0 Å². The second-order valence-corrected chi connectivity index (χ2v) is 3.79. The van der Waals surface area contributed by atoms with Gasteiger partial charge in [0.1, 0.15) is 0 Å². The summed E-state index contributed by atoms with van der Waals surface area (Å²) in [5, 5.41) is 7.11. The molecule has 1 heterocycles. The zero-order valence-electron chi connectivity index (χ0n) is 8.65. The fourth-order valence-corrected chi connectivity index (χ4v) is 1.58. The molecule has 0 aromatic carbocycles. The Bertz CT molecular complexity index is 366. The lowest BCUT2D eigenvalue weighted by atomic mass is 9.93. The Morgan fingerprint density at radius 3 is 3.13 bits per heavy atom. The van der Waals surface area contributed by atoms with E-state index in [1.54, 1.807) is 0 Å². The van der Waals surface area contributed by atoms with Gasteiger partial charge in [0.05, 0.1) is 18.3 Å². The summed E-state index contributed by atoms with van der Waals surface area (Å²) in [5.74, 6) is -0.159. The molecule has 1 aromatic heterocycles.